The second-order valence-electron chi connectivity index (χ2n) is 9.74. The quantitative estimate of drug-likeness (QED) is 0.193. The molecule has 0 bridgehead atoms. The molecule has 2 heterocycles. The fourth-order valence-corrected chi connectivity index (χ4v) is 4.95. The molecule has 15 heteroatoms. The number of rotatable bonds is 10. The van der Waals surface area contributed by atoms with Crippen molar-refractivity contribution in [3.8, 4) is 0 Å². The minimum atomic E-state index is -1.52. The maximum atomic E-state index is 12.1. The zero-order valence-corrected chi connectivity index (χ0v) is 24.0. The Morgan fingerprint density at radius 1 is 0.690 bits per heavy atom. The molecule has 1 aliphatic carbocycles. The second-order valence-corrected chi connectivity index (χ2v) is 9.74. The van der Waals surface area contributed by atoms with Crippen molar-refractivity contribution in [2.75, 3.05) is 13.2 Å². The Labute approximate surface area is 241 Å². The predicted molar refractivity (Wildman–Crippen MR) is 134 cm³/mol. The molecule has 0 aromatic heterocycles. The van der Waals surface area contributed by atoms with Gasteiger partial charge in [-0.05, 0) is 17.7 Å². The summed E-state index contributed by atoms with van der Waals surface area (Å²) in [6.07, 6.45) is -4.37. The van der Waals surface area contributed by atoms with Gasteiger partial charge in [-0.15, -0.1) is 0 Å². The minimum Gasteiger partial charge on any atom is -0.472 e. The molecule has 0 aromatic carbocycles. The number of ether oxygens (including phenoxy) is 9. The van der Waals surface area contributed by atoms with Crippen molar-refractivity contribution in [2.24, 2.45) is 11.8 Å². The molecule has 0 N–H and O–H groups in total. The van der Waals surface area contributed by atoms with Crippen molar-refractivity contribution in [1.29, 1.82) is 0 Å². The Hall–Kier alpha value is -3.98. The summed E-state index contributed by atoms with van der Waals surface area (Å²) in [5.74, 6) is -5.31. The lowest BCUT2D eigenvalue weighted by molar-refractivity contribution is -0.342. The molecule has 3 aliphatic rings. The number of hydrogen-bond acceptors (Lipinski definition) is 15. The second kappa shape index (κ2) is 14.3. The van der Waals surface area contributed by atoms with Crippen molar-refractivity contribution in [3.63, 3.8) is 0 Å². The van der Waals surface area contributed by atoms with E-state index in [4.69, 9.17) is 42.6 Å². The molecule has 0 spiro atoms. The van der Waals surface area contributed by atoms with Crippen molar-refractivity contribution in [3.05, 3.63) is 24.0 Å². The van der Waals surface area contributed by atoms with Gasteiger partial charge in [0.1, 0.15) is 25.4 Å². The zero-order chi connectivity index (χ0) is 31.1. The third-order valence-corrected chi connectivity index (χ3v) is 6.37. The van der Waals surface area contributed by atoms with E-state index in [-0.39, 0.29) is 6.61 Å². The normalized spacial score (nSPS) is 31.4. The van der Waals surface area contributed by atoms with E-state index in [1.54, 1.807) is 12.2 Å². The van der Waals surface area contributed by atoms with Crippen LogP contribution in [0.25, 0.3) is 0 Å². The standard InChI is InChI=1S/C27H34O15/c1-12(28)35-10-18-9-20(37-14(3)30)19-7-8-34-26(22(18)19)42-27-25(40-17(6)33)24(39-16(5)32)23(38-15(4)31)21(41-27)11-36-13(2)29/h7-9,19-27H,10-11H2,1-6H3/t19-,20+,21-,22+,23-,24+,25-,26-,27+/m0/s1. The molecule has 2 aliphatic heterocycles. The van der Waals surface area contributed by atoms with Crippen LogP contribution in [0.4, 0.5) is 0 Å². The van der Waals surface area contributed by atoms with Crippen LogP contribution in [-0.4, -0.2) is 92.1 Å². The fraction of sp³-hybridized carbons (Fsp3) is 0.630. The van der Waals surface area contributed by atoms with Gasteiger partial charge in [0.05, 0.1) is 12.2 Å². The number of carbonyl (C=O) groups excluding carboxylic acids is 6. The average Bonchev–Trinajstić information content (AvgIpc) is 3.22. The molecule has 0 aromatic rings. The van der Waals surface area contributed by atoms with Gasteiger partial charge in [-0.1, -0.05) is 0 Å². The zero-order valence-electron chi connectivity index (χ0n) is 24.0. The molecule has 42 heavy (non-hydrogen) atoms. The van der Waals surface area contributed by atoms with Crippen LogP contribution >= 0.6 is 0 Å². The van der Waals surface area contributed by atoms with Gasteiger partial charge < -0.3 is 42.6 Å². The van der Waals surface area contributed by atoms with E-state index >= 15 is 0 Å². The third kappa shape index (κ3) is 8.52. The van der Waals surface area contributed by atoms with E-state index in [1.807, 2.05) is 0 Å². The van der Waals surface area contributed by atoms with Crippen LogP contribution in [0.5, 0.6) is 0 Å². The molecular formula is C27H34O15. The van der Waals surface area contributed by atoms with Crippen LogP contribution in [-0.2, 0) is 71.4 Å². The van der Waals surface area contributed by atoms with Gasteiger partial charge in [0.15, 0.2) is 18.3 Å². The van der Waals surface area contributed by atoms with Gasteiger partial charge in [0.2, 0.25) is 12.6 Å². The molecule has 232 valence electrons. The highest BCUT2D eigenvalue weighted by Gasteiger charge is 2.55. The summed E-state index contributed by atoms with van der Waals surface area (Å²) >= 11 is 0. The van der Waals surface area contributed by atoms with Crippen LogP contribution in [0.1, 0.15) is 41.5 Å². The van der Waals surface area contributed by atoms with Crippen molar-refractivity contribution in [2.45, 2.75) is 84.6 Å². The number of esters is 6. The van der Waals surface area contributed by atoms with Crippen molar-refractivity contribution in [1.82, 2.24) is 0 Å². The first-order chi connectivity index (χ1) is 19.8. The molecule has 1 saturated heterocycles. The van der Waals surface area contributed by atoms with Gasteiger partial charge in [0.25, 0.3) is 0 Å². The Morgan fingerprint density at radius 3 is 1.83 bits per heavy atom. The summed E-state index contributed by atoms with van der Waals surface area (Å²) in [4.78, 5) is 71.1. The first-order valence-corrected chi connectivity index (χ1v) is 13.1. The first-order valence-electron chi connectivity index (χ1n) is 13.1. The van der Waals surface area contributed by atoms with Crippen molar-refractivity contribution >= 4 is 35.8 Å². The number of hydrogen-bond donors (Lipinski definition) is 0. The fourth-order valence-electron chi connectivity index (χ4n) is 4.95. The first kappa shape index (κ1) is 32.5. The maximum absolute atomic E-state index is 12.1. The summed E-state index contributed by atoms with van der Waals surface area (Å²) in [7, 11) is 0. The summed E-state index contributed by atoms with van der Waals surface area (Å²) in [5, 5.41) is 0. The SMILES string of the molecule is CC(=O)OCC1=C[C@@H](OC(C)=O)[C@@H]2C=CO[C@@H](O[C@H]3O[C@@H](COC(C)=O)[C@H](OC(C)=O)[C@@H](OC(C)=O)[C@@H]3OC(C)=O)[C@H]12. The Balaban J connectivity index is 1.99. The largest absolute Gasteiger partial charge is 0.472 e. The lowest BCUT2D eigenvalue weighted by atomic mass is 9.88. The van der Waals surface area contributed by atoms with Crippen LogP contribution in [0.3, 0.4) is 0 Å². The molecule has 0 radical (unpaired) electrons. The highest BCUT2D eigenvalue weighted by atomic mass is 16.8. The molecular weight excluding hydrogens is 564 g/mol. The summed E-state index contributed by atoms with van der Waals surface area (Å²) < 4.78 is 49.9. The third-order valence-electron chi connectivity index (χ3n) is 6.37. The van der Waals surface area contributed by atoms with Gasteiger partial charge >= 0.3 is 35.8 Å². The van der Waals surface area contributed by atoms with E-state index in [0.717, 1.165) is 27.7 Å². The summed E-state index contributed by atoms with van der Waals surface area (Å²) in [6.45, 7) is 6.34. The van der Waals surface area contributed by atoms with Crippen molar-refractivity contribution < 1.29 is 71.4 Å². The smallest absolute Gasteiger partial charge is 0.303 e. The van der Waals surface area contributed by atoms with E-state index in [1.165, 1.54) is 20.1 Å². The molecule has 15 nitrogen and oxygen atoms in total. The molecule has 0 saturated carbocycles. The van der Waals surface area contributed by atoms with Crippen LogP contribution in [0, 0.1) is 11.8 Å². The summed E-state index contributed by atoms with van der Waals surface area (Å²) in [5.41, 5.74) is 0.515. The average molecular weight is 599 g/mol. The molecule has 3 rings (SSSR count). The summed E-state index contributed by atoms with van der Waals surface area (Å²) in [6, 6.07) is 0. The molecule has 0 unspecified atom stereocenters. The van der Waals surface area contributed by atoms with Gasteiger partial charge in [-0.3, -0.25) is 28.8 Å². The maximum Gasteiger partial charge on any atom is 0.303 e. The van der Waals surface area contributed by atoms with Gasteiger partial charge in [-0.2, -0.15) is 0 Å². The topological polar surface area (TPSA) is 185 Å². The van der Waals surface area contributed by atoms with E-state index in [2.05, 4.69) is 0 Å². The highest BCUT2D eigenvalue weighted by Crippen LogP contribution is 2.43. The lowest BCUT2D eigenvalue weighted by Gasteiger charge is -2.45. The van der Waals surface area contributed by atoms with Crippen LogP contribution in [0.15, 0.2) is 24.0 Å². The van der Waals surface area contributed by atoms with E-state index in [9.17, 15) is 28.8 Å². The lowest BCUT2D eigenvalue weighted by Crippen LogP contribution is -2.63. The molecule has 9 atom stereocenters. The Morgan fingerprint density at radius 2 is 1.26 bits per heavy atom. The van der Waals surface area contributed by atoms with E-state index in [0.29, 0.717) is 5.57 Å². The number of fused-ring (bicyclic) bond motifs is 1. The minimum absolute atomic E-state index is 0.163. The monoisotopic (exact) mass is 598 g/mol. The van der Waals surface area contributed by atoms with E-state index < -0.39 is 97.4 Å². The van der Waals surface area contributed by atoms with Crippen LogP contribution < -0.4 is 0 Å². The molecule has 0 amide bonds. The van der Waals surface area contributed by atoms with Gasteiger partial charge in [0, 0.05) is 47.5 Å². The van der Waals surface area contributed by atoms with Crippen LogP contribution in [0.2, 0.25) is 0 Å². The highest BCUT2D eigenvalue weighted by molar-refractivity contribution is 5.69. The predicted octanol–water partition coefficient (Wildman–Crippen LogP) is 0.623. The molecule has 1 fully saturated rings. The van der Waals surface area contributed by atoms with Gasteiger partial charge in [-0.25, -0.2) is 0 Å². The Kier molecular flexibility index (Phi) is 11.1. The number of carbonyl (C=O) groups is 6. The Bertz CT molecular complexity index is 1130.